The largest absolute Gasteiger partial charge is 0.354 e. The Kier molecular flexibility index (Phi) is 7.45. The minimum absolute atomic E-state index is 0.0577. The van der Waals surface area contributed by atoms with Gasteiger partial charge in [-0.2, -0.15) is 4.98 Å². The Labute approximate surface area is 241 Å². The molecular weight excluding hydrogens is 508 g/mol. The second-order valence-corrected chi connectivity index (χ2v) is 12.0. The first kappa shape index (κ1) is 27.0. The summed E-state index contributed by atoms with van der Waals surface area (Å²) in [5.74, 6) is 1.19. The average molecular weight is 547 g/mol. The number of fused-ring (bicyclic) bond motifs is 2. The third kappa shape index (κ3) is 5.95. The molecule has 7 heteroatoms. The summed E-state index contributed by atoms with van der Waals surface area (Å²) in [6, 6.07) is 27.6. The molecule has 0 amide bonds. The third-order valence-electron chi connectivity index (χ3n) is 7.96. The molecule has 0 aliphatic heterocycles. The van der Waals surface area contributed by atoms with E-state index in [2.05, 4.69) is 85.0 Å². The lowest BCUT2D eigenvalue weighted by atomic mass is 9.87. The number of hydrogen-bond acceptors (Lipinski definition) is 5. The lowest BCUT2D eigenvalue weighted by molar-refractivity contribution is 0.527. The molecule has 3 N–H and O–H groups in total. The fourth-order valence-electron chi connectivity index (χ4n) is 5.63. The summed E-state index contributed by atoms with van der Waals surface area (Å²) < 4.78 is 1.70. The number of anilines is 1. The van der Waals surface area contributed by atoms with E-state index in [-0.39, 0.29) is 11.0 Å². The maximum Gasteiger partial charge on any atom is 0.270 e. The van der Waals surface area contributed by atoms with Gasteiger partial charge in [0.25, 0.3) is 5.56 Å². The van der Waals surface area contributed by atoms with Gasteiger partial charge in [-0.3, -0.25) is 9.89 Å². The number of benzene rings is 3. The van der Waals surface area contributed by atoms with Crippen molar-refractivity contribution in [1.29, 1.82) is 0 Å². The molecule has 0 bridgehead atoms. The van der Waals surface area contributed by atoms with Crippen molar-refractivity contribution in [3.8, 4) is 11.4 Å². The second-order valence-electron chi connectivity index (χ2n) is 12.0. The highest BCUT2D eigenvalue weighted by atomic mass is 16.1. The van der Waals surface area contributed by atoms with Crippen molar-refractivity contribution in [2.45, 2.75) is 57.9 Å². The maximum atomic E-state index is 13.1. The van der Waals surface area contributed by atoms with Gasteiger partial charge in [0.2, 0.25) is 5.95 Å². The van der Waals surface area contributed by atoms with Crippen LogP contribution >= 0.6 is 0 Å². The quantitative estimate of drug-likeness (QED) is 0.212. The van der Waals surface area contributed by atoms with Crippen LogP contribution in [0.5, 0.6) is 0 Å². The summed E-state index contributed by atoms with van der Waals surface area (Å²) in [6.07, 6.45) is 3.60. The van der Waals surface area contributed by atoms with E-state index < -0.39 is 0 Å². The Bertz CT molecular complexity index is 1670. The van der Waals surface area contributed by atoms with Crippen LogP contribution in [-0.4, -0.2) is 38.7 Å². The van der Waals surface area contributed by atoms with Crippen molar-refractivity contribution in [3.05, 3.63) is 117 Å². The molecule has 6 rings (SSSR count). The zero-order chi connectivity index (χ0) is 28.4. The monoisotopic (exact) mass is 546 g/mol. The molecule has 41 heavy (non-hydrogen) atoms. The Morgan fingerprint density at radius 2 is 1.56 bits per heavy atom. The van der Waals surface area contributed by atoms with Crippen LogP contribution in [-0.2, 0) is 24.7 Å². The van der Waals surface area contributed by atoms with Crippen molar-refractivity contribution < 1.29 is 0 Å². The summed E-state index contributed by atoms with van der Waals surface area (Å²) in [7, 11) is 0. The number of aromatic nitrogens is 4. The Balaban J connectivity index is 1.23. The van der Waals surface area contributed by atoms with Crippen LogP contribution in [0.1, 0.15) is 55.0 Å². The molecule has 0 atom stereocenters. The molecule has 210 valence electrons. The first-order valence-electron chi connectivity index (χ1n) is 14.6. The fraction of sp³-hybridized carbons (Fsp3) is 0.324. The third-order valence-corrected chi connectivity index (χ3v) is 7.96. The molecule has 5 aromatic rings. The average Bonchev–Trinajstić information content (AvgIpc) is 3.53. The van der Waals surface area contributed by atoms with E-state index in [1.807, 2.05) is 30.3 Å². The maximum absolute atomic E-state index is 13.1. The molecule has 7 nitrogen and oxygen atoms in total. The number of hydrogen-bond donors (Lipinski definition) is 3. The second kappa shape index (κ2) is 11.3. The van der Waals surface area contributed by atoms with Crippen LogP contribution in [0.4, 0.5) is 5.95 Å². The molecule has 2 aromatic heterocycles. The summed E-state index contributed by atoms with van der Waals surface area (Å²) in [5, 5.41) is 10.2. The standard InChI is InChI=1S/C34H38N6O/c1-34(2,3)27-16-14-24(15-17-27)30-37-31-29(20-23-10-5-4-6-11-23)32(41)39-40(31)33(38-30)36-19-9-18-35-28-21-25-12-7-8-13-26(25)22-28/h4-8,10-17,28,35H,9,18-22H2,1-3H3,(H,39,41)(H,36,37,38). The lowest BCUT2D eigenvalue weighted by Crippen LogP contribution is -2.31. The van der Waals surface area contributed by atoms with Crippen molar-refractivity contribution in [1.82, 2.24) is 24.9 Å². The van der Waals surface area contributed by atoms with Gasteiger partial charge in [-0.25, -0.2) is 9.50 Å². The first-order chi connectivity index (χ1) is 19.8. The molecule has 0 unspecified atom stereocenters. The molecule has 0 radical (unpaired) electrons. The summed E-state index contributed by atoms with van der Waals surface area (Å²) >= 11 is 0. The zero-order valence-electron chi connectivity index (χ0n) is 24.1. The molecule has 0 saturated heterocycles. The number of nitrogens with one attached hydrogen (secondary N) is 3. The normalized spacial score (nSPS) is 13.5. The van der Waals surface area contributed by atoms with Crippen molar-refractivity contribution in [3.63, 3.8) is 0 Å². The predicted octanol–water partition coefficient (Wildman–Crippen LogP) is 5.53. The lowest BCUT2D eigenvalue weighted by Gasteiger charge is -2.19. The number of rotatable bonds is 9. The Hall–Kier alpha value is -4.23. The van der Waals surface area contributed by atoms with Crippen molar-refractivity contribution >= 4 is 11.6 Å². The minimum atomic E-state index is -0.145. The minimum Gasteiger partial charge on any atom is -0.354 e. The highest BCUT2D eigenvalue weighted by Crippen LogP contribution is 2.26. The van der Waals surface area contributed by atoms with Gasteiger partial charge in [0.05, 0.1) is 5.56 Å². The molecule has 1 aliphatic rings. The number of aromatic amines is 1. The van der Waals surface area contributed by atoms with E-state index in [1.54, 1.807) is 4.52 Å². The molecule has 3 aromatic carbocycles. The van der Waals surface area contributed by atoms with Crippen LogP contribution in [0.2, 0.25) is 0 Å². The SMILES string of the molecule is CC(C)(C)c1ccc(-c2nc(NCCCNC3Cc4ccccc4C3)n3[nH]c(=O)c(Cc4ccccc4)c3n2)cc1. The van der Waals surface area contributed by atoms with Crippen LogP contribution < -0.4 is 16.2 Å². The topological polar surface area (TPSA) is 87.1 Å². The van der Waals surface area contributed by atoms with Gasteiger partial charge in [-0.15, -0.1) is 0 Å². The van der Waals surface area contributed by atoms with Crippen LogP contribution in [0.3, 0.4) is 0 Å². The molecule has 0 fully saturated rings. The summed E-state index contributed by atoms with van der Waals surface area (Å²) in [6.45, 7) is 8.23. The molecule has 0 spiro atoms. The summed E-state index contributed by atoms with van der Waals surface area (Å²) in [4.78, 5) is 22.9. The zero-order valence-corrected chi connectivity index (χ0v) is 24.1. The van der Waals surface area contributed by atoms with Gasteiger partial charge >= 0.3 is 0 Å². The van der Waals surface area contributed by atoms with Gasteiger partial charge in [0.1, 0.15) is 0 Å². The number of nitrogens with zero attached hydrogens (tertiary/aromatic N) is 3. The van der Waals surface area contributed by atoms with Crippen molar-refractivity contribution in [2.24, 2.45) is 0 Å². The van der Waals surface area contributed by atoms with Gasteiger partial charge in [0.15, 0.2) is 11.5 Å². The van der Waals surface area contributed by atoms with Crippen molar-refractivity contribution in [2.75, 3.05) is 18.4 Å². The fourth-order valence-corrected chi connectivity index (χ4v) is 5.63. The van der Waals surface area contributed by atoms with Gasteiger partial charge < -0.3 is 10.6 Å². The van der Waals surface area contributed by atoms with Gasteiger partial charge in [-0.05, 0) is 53.5 Å². The molecular formula is C34H38N6O. The van der Waals surface area contributed by atoms with Gasteiger partial charge in [-0.1, -0.05) is 99.6 Å². The van der Waals surface area contributed by atoms with Crippen LogP contribution in [0.25, 0.3) is 17.0 Å². The van der Waals surface area contributed by atoms with Crippen LogP contribution in [0.15, 0.2) is 83.7 Å². The first-order valence-corrected chi connectivity index (χ1v) is 14.6. The Morgan fingerprint density at radius 1 is 0.878 bits per heavy atom. The van der Waals surface area contributed by atoms with E-state index >= 15 is 0 Å². The molecule has 1 aliphatic carbocycles. The van der Waals surface area contributed by atoms with E-state index in [9.17, 15) is 4.79 Å². The van der Waals surface area contributed by atoms with E-state index in [4.69, 9.17) is 9.97 Å². The Morgan fingerprint density at radius 3 is 2.24 bits per heavy atom. The van der Waals surface area contributed by atoms with E-state index in [1.165, 1.54) is 16.7 Å². The smallest absolute Gasteiger partial charge is 0.270 e. The highest BCUT2D eigenvalue weighted by molar-refractivity contribution is 5.63. The van der Waals surface area contributed by atoms with E-state index in [0.29, 0.717) is 35.4 Å². The summed E-state index contributed by atoms with van der Waals surface area (Å²) in [5.41, 5.74) is 7.30. The molecule has 0 saturated carbocycles. The van der Waals surface area contributed by atoms with Gasteiger partial charge in [0, 0.05) is 24.6 Å². The highest BCUT2D eigenvalue weighted by Gasteiger charge is 2.21. The van der Waals surface area contributed by atoms with Crippen LogP contribution in [0, 0.1) is 0 Å². The predicted molar refractivity (Wildman–Crippen MR) is 166 cm³/mol. The molecule has 2 heterocycles. The number of H-pyrrole nitrogens is 1. The van der Waals surface area contributed by atoms with E-state index in [0.717, 1.165) is 43.5 Å².